The largest absolute Gasteiger partial charge is 0.459 e. The molecule has 0 unspecified atom stereocenters. The molecule has 4 fully saturated rings. The second-order valence-corrected chi connectivity index (χ2v) is 9.95. The molecule has 0 aromatic carbocycles. The minimum atomic E-state index is -2.53. The molecule has 2 saturated heterocycles. The Balaban J connectivity index is 1.95. The Morgan fingerprint density at radius 1 is 1.14 bits per heavy atom. The van der Waals surface area contributed by atoms with Crippen molar-refractivity contribution in [1.82, 2.24) is 5.32 Å². The average Bonchev–Trinajstić information content (AvgIpc) is 3.22. The van der Waals surface area contributed by atoms with Gasteiger partial charge in [0.2, 0.25) is 11.4 Å². The number of ether oxygens (including phenoxy) is 2. The maximum atomic E-state index is 13.3. The van der Waals surface area contributed by atoms with Crippen LogP contribution >= 0.6 is 0 Å². The lowest BCUT2D eigenvalue weighted by atomic mass is 9.58. The molecule has 29 heavy (non-hydrogen) atoms. The van der Waals surface area contributed by atoms with E-state index >= 15 is 0 Å². The molecule has 1 spiro atoms. The van der Waals surface area contributed by atoms with Gasteiger partial charge in [0, 0.05) is 19.4 Å². The average molecular weight is 409 g/mol. The maximum Gasteiger partial charge on any atom is 0.342 e. The summed E-state index contributed by atoms with van der Waals surface area (Å²) in [6.45, 7) is 7.11. The molecule has 0 aromatic rings. The zero-order chi connectivity index (χ0) is 21.7. The zero-order valence-corrected chi connectivity index (χ0v) is 17.1. The molecule has 0 radical (unpaired) electrons. The Morgan fingerprint density at radius 2 is 1.76 bits per heavy atom. The molecule has 160 valence electrons. The maximum absolute atomic E-state index is 13.3. The Bertz CT molecular complexity index is 833. The predicted molar refractivity (Wildman–Crippen MR) is 96.0 cm³/mol. The third-order valence-corrected chi connectivity index (χ3v) is 7.93. The van der Waals surface area contributed by atoms with Crippen molar-refractivity contribution >= 4 is 23.6 Å². The van der Waals surface area contributed by atoms with Crippen LogP contribution in [0.25, 0.3) is 0 Å². The number of hydrogen-bond donors (Lipinski definition) is 3. The summed E-state index contributed by atoms with van der Waals surface area (Å²) in [6.07, 6.45) is -1.91. The number of esters is 2. The Labute approximate surface area is 168 Å². The molecule has 0 bridgehead atoms. The number of rotatable bonds is 2. The van der Waals surface area contributed by atoms with Crippen LogP contribution in [0.15, 0.2) is 0 Å². The lowest BCUT2D eigenvalue weighted by molar-refractivity contribution is -0.203. The highest BCUT2D eigenvalue weighted by molar-refractivity contribution is 6.37. The third kappa shape index (κ3) is 1.98. The van der Waals surface area contributed by atoms with E-state index in [1.165, 1.54) is 14.0 Å². The van der Waals surface area contributed by atoms with E-state index in [1.54, 1.807) is 0 Å². The van der Waals surface area contributed by atoms with E-state index in [-0.39, 0.29) is 12.8 Å². The summed E-state index contributed by atoms with van der Waals surface area (Å²) in [5.41, 5.74) is -6.78. The van der Waals surface area contributed by atoms with Crippen molar-refractivity contribution in [2.45, 2.75) is 63.9 Å². The first-order valence-electron chi connectivity index (χ1n) is 9.90. The van der Waals surface area contributed by atoms with Crippen LogP contribution in [0.5, 0.6) is 0 Å². The van der Waals surface area contributed by atoms with Crippen LogP contribution in [0, 0.1) is 28.6 Å². The fourth-order valence-corrected chi connectivity index (χ4v) is 6.47. The lowest BCUT2D eigenvalue weighted by Crippen LogP contribution is -2.67. The number of fused-ring (bicyclic) bond motifs is 2. The quantitative estimate of drug-likeness (QED) is 0.403. The molecule has 2 heterocycles. The normalized spacial score (nSPS) is 47.9. The minimum Gasteiger partial charge on any atom is -0.459 e. The standard InChI is InChI=1S/C20H27NO8/c1-8-15(24)28-11-7-18-10(29-16(25)20(18,27)19(8,11)26)6-9(17(2,3)4)12(18)13(22)14(23)21-5/h8-12,26-27H,6-7H2,1-5H3,(H,21,23)/t8-,9-,10-,11+,12-,18-,19-,20-/m1/s1. The van der Waals surface area contributed by atoms with Crippen molar-refractivity contribution in [3.05, 3.63) is 0 Å². The van der Waals surface area contributed by atoms with Crippen LogP contribution in [0.4, 0.5) is 0 Å². The third-order valence-electron chi connectivity index (χ3n) is 7.93. The lowest BCUT2D eigenvalue weighted by Gasteiger charge is -2.44. The molecule has 9 nitrogen and oxygen atoms in total. The Hall–Kier alpha value is -2.00. The van der Waals surface area contributed by atoms with Crippen LogP contribution < -0.4 is 5.32 Å². The number of aliphatic hydroxyl groups is 2. The summed E-state index contributed by atoms with van der Waals surface area (Å²) >= 11 is 0. The molecular weight excluding hydrogens is 382 g/mol. The van der Waals surface area contributed by atoms with Gasteiger partial charge in [0.1, 0.15) is 12.2 Å². The van der Waals surface area contributed by atoms with E-state index in [0.29, 0.717) is 0 Å². The minimum absolute atomic E-state index is 0.132. The van der Waals surface area contributed by atoms with Crippen molar-refractivity contribution in [3.63, 3.8) is 0 Å². The predicted octanol–water partition coefficient (Wildman–Crippen LogP) is -0.677. The fraction of sp³-hybridized carbons (Fsp3) is 0.800. The van der Waals surface area contributed by atoms with Gasteiger partial charge in [-0.2, -0.15) is 0 Å². The number of hydrogen-bond acceptors (Lipinski definition) is 8. The van der Waals surface area contributed by atoms with E-state index < -0.39 is 75.6 Å². The van der Waals surface area contributed by atoms with E-state index in [0.717, 1.165) is 0 Å². The first-order chi connectivity index (χ1) is 13.3. The second-order valence-electron chi connectivity index (χ2n) is 9.95. The number of Topliss-reactive ketones (excluding diaryl/α,β-unsaturated/α-hetero) is 1. The molecule has 8 atom stereocenters. The van der Waals surface area contributed by atoms with Crippen molar-refractivity contribution in [1.29, 1.82) is 0 Å². The van der Waals surface area contributed by atoms with Gasteiger partial charge in [0.05, 0.1) is 11.3 Å². The van der Waals surface area contributed by atoms with Gasteiger partial charge in [0.25, 0.3) is 5.91 Å². The number of amides is 1. The molecule has 4 rings (SSSR count). The van der Waals surface area contributed by atoms with Gasteiger partial charge in [-0.25, -0.2) is 4.79 Å². The van der Waals surface area contributed by atoms with Crippen molar-refractivity contribution in [2.75, 3.05) is 7.05 Å². The topological polar surface area (TPSA) is 139 Å². The summed E-state index contributed by atoms with van der Waals surface area (Å²) < 4.78 is 10.8. The molecule has 3 N–H and O–H groups in total. The van der Waals surface area contributed by atoms with Gasteiger partial charge in [-0.15, -0.1) is 0 Å². The smallest absolute Gasteiger partial charge is 0.342 e. The first kappa shape index (κ1) is 20.3. The van der Waals surface area contributed by atoms with E-state index in [2.05, 4.69) is 5.32 Å². The highest BCUT2D eigenvalue weighted by atomic mass is 16.6. The van der Waals surface area contributed by atoms with Crippen LogP contribution in [0.1, 0.15) is 40.5 Å². The molecule has 1 amide bonds. The Kier molecular flexibility index (Phi) is 3.90. The van der Waals surface area contributed by atoms with Gasteiger partial charge >= 0.3 is 11.9 Å². The molecule has 2 saturated carbocycles. The summed E-state index contributed by atoms with van der Waals surface area (Å²) in [4.78, 5) is 50.7. The molecule has 2 aliphatic heterocycles. The highest BCUT2D eigenvalue weighted by Crippen LogP contribution is 2.73. The molecule has 0 aromatic heterocycles. The monoisotopic (exact) mass is 409 g/mol. The number of ketones is 1. The zero-order valence-electron chi connectivity index (χ0n) is 17.1. The van der Waals surface area contributed by atoms with E-state index in [9.17, 15) is 29.4 Å². The van der Waals surface area contributed by atoms with Crippen LogP contribution in [-0.4, -0.2) is 64.3 Å². The summed E-state index contributed by atoms with van der Waals surface area (Å²) in [6, 6.07) is 0. The molecule has 2 aliphatic carbocycles. The van der Waals surface area contributed by atoms with Crippen LogP contribution in [0.2, 0.25) is 0 Å². The SMILES string of the molecule is CNC(=O)C(=O)[C@H]1[C@H](C(C)(C)C)C[C@H]2OC(=O)[C@]3(O)[C@]4(O)[C@H](C[C@@]213)OC(=O)[C@H]4C. The van der Waals surface area contributed by atoms with E-state index in [4.69, 9.17) is 9.47 Å². The molecule has 4 aliphatic rings. The summed E-state index contributed by atoms with van der Waals surface area (Å²) in [5, 5.41) is 25.6. The van der Waals surface area contributed by atoms with Gasteiger partial charge < -0.3 is 25.0 Å². The number of carbonyl (C=O) groups is 4. The molecular formula is C20H27NO8. The van der Waals surface area contributed by atoms with Crippen molar-refractivity contribution in [3.8, 4) is 0 Å². The molecule has 9 heteroatoms. The van der Waals surface area contributed by atoms with Gasteiger partial charge in [-0.05, 0) is 24.7 Å². The highest BCUT2D eigenvalue weighted by Gasteiger charge is 2.90. The van der Waals surface area contributed by atoms with Gasteiger partial charge in [-0.1, -0.05) is 20.8 Å². The van der Waals surface area contributed by atoms with Crippen molar-refractivity contribution < 1.29 is 38.9 Å². The first-order valence-corrected chi connectivity index (χ1v) is 9.90. The summed E-state index contributed by atoms with van der Waals surface area (Å²) in [7, 11) is 1.33. The fourth-order valence-electron chi connectivity index (χ4n) is 6.47. The summed E-state index contributed by atoms with van der Waals surface area (Å²) in [5.74, 6) is -6.07. The van der Waals surface area contributed by atoms with Crippen LogP contribution in [-0.2, 0) is 28.7 Å². The van der Waals surface area contributed by atoms with E-state index in [1.807, 2.05) is 20.8 Å². The second kappa shape index (κ2) is 5.57. The van der Waals surface area contributed by atoms with Gasteiger partial charge in [0.15, 0.2) is 5.60 Å². The van der Waals surface area contributed by atoms with Gasteiger partial charge in [-0.3, -0.25) is 14.4 Å². The number of carbonyl (C=O) groups excluding carboxylic acids is 4. The van der Waals surface area contributed by atoms with Crippen molar-refractivity contribution in [2.24, 2.45) is 28.6 Å². The number of likely N-dealkylation sites (N-methyl/N-ethyl adjacent to an activating group) is 1. The number of nitrogens with one attached hydrogen (secondary N) is 1. The van der Waals surface area contributed by atoms with Crippen LogP contribution in [0.3, 0.4) is 0 Å². The Morgan fingerprint density at radius 3 is 2.31 bits per heavy atom.